The first-order chi connectivity index (χ1) is 11.8. The minimum Gasteiger partial charge on any atom is -0.365 e. The number of carbonyl (C=O) groups excluding carboxylic acids is 1. The minimum absolute atomic E-state index is 0.101. The summed E-state index contributed by atoms with van der Waals surface area (Å²) >= 11 is 0. The molecule has 0 saturated carbocycles. The molecule has 2 aromatic rings. The van der Waals surface area contributed by atoms with Crippen molar-refractivity contribution in [2.75, 3.05) is 22.1 Å². The fourth-order valence-electron chi connectivity index (χ4n) is 2.88. The van der Waals surface area contributed by atoms with Gasteiger partial charge in [0.05, 0.1) is 23.9 Å². The quantitative estimate of drug-likeness (QED) is 0.864. The molecule has 25 heavy (non-hydrogen) atoms. The number of benzene rings is 1. The molecule has 1 unspecified atom stereocenters. The molecule has 0 spiro atoms. The number of hydrogen-bond acceptors (Lipinski definition) is 6. The molecule has 1 saturated heterocycles. The molecule has 1 fully saturated rings. The molecular formula is C17H20N4O3S. The van der Waals surface area contributed by atoms with Crippen LogP contribution in [0.1, 0.15) is 28.0 Å². The number of hydrogen-bond donors (Lipinski definition) is 2. The van der Waals surface area contributed by atoms with Gasteiger partial charge in [0.1, 0.15) is 11.5 Å². The van der Waals surface area contributed by atoms with Gasteiger partial charge in [0, 0.05) is 11.7 Å². The average molecular weight is 360 g/mol. The van der Waals surface area contributed by atoms with E-state index in [4.69, 9.17) is 0 Å². The molecule has 132 valence electrons. The van der Waals surface area contributed by atoms with Crippen LogP contribution in [0.25, 0.3) is 0 Å². The molecule has 0 radical (unpaired) electrons. The Balaban J connectivity index is 1.64. The van der Waals surface area contributed by atoms with Crippen molar-refractivity contribution in [1.29, 1.82) is 0 Å². The molecule has 3 rings (SSSR count). The smallest absolute Gasteiger partial charge is 0.275 e. The molecule has 1 aliphatic rings. The summed E-state index contributed by atoms with van der Waals surface area (Å²) in [5, 5.41) is 5.84. The Morgan fingerprint density at radius 1 is 1.12 bits per heavy atom. The molecule has 7 nitrogen and oxygen atoms in total. The first-order valence-electron chi connectivity index (χ1n) is 7.99. The second-order valence-corrected chi connectivity index (χ2v) is 8.59. The maximum absolute atomic E-state index is 12.3. The Kier molecular flexibility index (Phi) is 4.71. The van der Waals surface area contributed by atoms with Gasteiger partial charge in [-0.05, 0) is 43.5 Å². The fourth-order valence-corrected chi connectivity index (χ4v) is 4.55. The van der Waals surface area contributed by atoms with Crippen molar-refractivity contribution < 1.29 is 13.2 Å². The normalized spacial score (nSPS) is 18.7. The van der Waals surface area contributed by atoms with Crippen molar-refractivity contribution in [2.24, 2.45) is 0 Å². The first-order valence-corrected chi connectivity index (χ1v) is 9.81. The minimum atomic E-state index is -2.95. The summed E-state index contributed by atoms with van der Waals surface area (Å²) in [6.45, 7) is 3.93. The molecule has 8 heteroatoms. The lowest BCUT2D eigenvalue weighted by Gasteiger charge is -2.11. The molecule has 2 heterocycles. The zero-order chi connectivity index (χ0) is 18.0. The van der Waals surface area contributed by atoms with E-state index in [9.17, 15) is 13.2 Å². The van der Waals surface area contributed by atoms with E-state index in [0.29, 0.717) is 17.9 Å². The van der Waals surface area contributed by atoms with Crippen LogP contribution in [0.15, 0.2) is 30.6 Å². The van der Waals surface area contributed by atoms with Gasteiger partial charge in [0.15, 0.2) is 9.84 Å². The van der Waals surface area contributed by atoms with Crippen LogP contribution in [-0.2, 0) is 9.84 Å². The highest BCUT2D eigenvalue weighted by atomic mass is 32.2. The SMILES string of the molecule is Cc1cc(C)cc(NC(=O)c2cnc(NC3CCS(=O)(=O)C3)cn2)c1. The fraction of sp³-hybridized carbons (Fsp3) is 0.353. The lowest BCUT2D eigenvalue weighted by Crippen LogP contribution is -2.22. The highest BCUT2D eigenvalue weighted by molar-refractivity contribution is 7.91. The monoisotopic (exact) mass is 360 g/mol. The third kappa shape index (κ3) is 4.54. The summed E-state index contributed by atoms with van der Waals surface area (Å²) in [5.74, 6) is 0.413. The van der Waals surface area contributed by atoms with Crippen LogP contribution in [0.5, 0.6) is 0 Å². The summed E-state index contributed by atoms with van der Waals surface area (Å²) in [6, 6.07) is 5.64. The number of rotatable bonds is 4. The molecule has 1 aliphatic heterocycles. The molecular weight excluding hydrogens is 340 g/mol. The molecule has 1 amide bonds. The van der Waals surface area contributed by atoms with E-state index in [1.807, 2.05) is 32.0 Å². The van der Waals surface area contributed by atoms with Crippen LogP contribution >= 0.6 is 0 Å². The van der Waals surface area contributed by atoms with Gasteiger partial charge < -0.3 is 10.6 Å². The Morgan fingerprint density at radius 2 is 1.84 bits per heavy atom. The van der Waals surface area contributed by atoms with Crippen LogP contribution in [0, 0.1) is 13.8 Å². The average Bonchev–Trinajstić information content (AvgIpc) is 2.85. The van der Waals surface area contributed by atoms with Crippen LogP contribution in [0.3, 0.4) is 0 Å². The number of sulfone groups is 1. The Labute approximate surface area is 146 Å². The lowest BCUT2D eigenvalue weighted by atomic mass is 10.1. The van der Waals surface area contributed by atoms with Crippen molar-refractivity contribution in [1.82, 2.24) is 9.97 Å². The topological polar surface area (TPSA) is 101 Å². The van der Waals surface area contributed by atoms with Gasteiger partial charge in [0.2, 0.25) is 0 Å². The second-order valence-electron chi connectivity index (χ2n) is 6.36. The number of aromatic nitrogens is 2. The van der Waals surface area contributed by atoms with Crippen LogP contribution < -0.4 is 10.6 Å². The third-order valence-electron chi connectivity index (χ3n) is 3.95. The summed E-state index contributed by atoms with van der Waals surface area (Å²) in [7, 11) is -2.95. The summed E-state index contributed by atoms with van der Waals surface area (Å²) in [6.07, 6.45) is 3.38. The van der Waals surface area contributed by atoms with E-state index in [0.717, 1.165) is 11.1 Å². The molecule has 2 N–H and O–H groups in total. The van der Waals surface area contributed by atoms with Crippen molar-refractivity contribution in [3.63, 3.8) is 0 Å². The van der Waals surface area contributed by atoms with Gasteiger partial charge in [-0.2, -0.15) is 0 Å². The number of nitrogens with zero attached hydrogens (tertiary/aromatic N) is 2. The molecule has 0 bridgehead atoms. The lowest BCUT2D eigenvalue weighted by molar-refractivity contribution is 0.102. The van der Waals surface area contributed by atoms with Crippen LogP contribution in [0.2, 0.25) is 0 Å². The number of amides is 1. The van der Waals surface area contributed by atoms with Gasteiger partial charge in [-0.25, -0.2) is 18.4 Å². The van der Waals surface area contributed by atoms with Crippen molar-refractivity contribution in [3.05, 3.63) is 47.4 Å². The molecule has 0 aliphatic carbocycles. The maximum atomic E-state index is 12.3. The van der Waals surface area contributed by atoms with Crippen molar-refractivity contribution in [2.45, 2.75) is 26.3 Å². The van der Waals surface area contributed by atoms with Crippen LogP contribution in [-0.4, -0.2) is 41.8 Å². The summed E-state index contributed by atoms with van der Waals surface area (Å²) in [4.78, 5) is 20.5. The van der Waals surface area contributed by atoms with Crippen molar-refractivity contribution >= 4 is 27.2 Å². The third-order valence-corrected chi connectivity index (χ3v) is 5.72. The van der Waals surface area contributed by atoms with Gasteiger partial charge >= 0.3 is 0 Å². The van der Waals surface area contributed by atoms with Gasteiger partial charge in [0.25, 0.3) is 5.91 Å². The Morgan fingerprint density at radius 3 is 2.40 bits per heavy atom. The predicted octanol–water partition coefficient (Wildman–Crippen LogP) is 1.94. The molecule has 1 atom stereocenters. The predicted molar refractivity (Wildman–Crippen MR) is 96.6 cm³/mol. The van der Waals surface area contributed by atoms with E-state index >= 15 is 0 Å². The van der Waals surface area contributed by atoms with E-state index in [1.54, 1.807) is 0 Å². The zero-order valence-corrected chi connectivity index (χ0v) is 14.9. The summed E-state index contributed by atoms with van der Waals surface area (Å²) in [5.41, 5.74) is 3.03. The van der Waals surface area contributed by atoms with Gasteiger partial charge in [-0.1, -0.05) is 6.07 Å². The number of nitrogens with one attached hydrogen (secondary N) is 2. The van der Waals surface area contributed by atoms with Crippen LogP contribution in [0.4, 0.5) is 11.5 Å². The number of aryl methyl sites for hydroxylation is 2. The second kappa shape index (κ2) is 6.79. The number of anilines is 2. The largest absolute Gasteiger partial charge is 0.365 e. The molecule has 1 aromatic heterocycles. The Bertz CT molecular complexity index is 874. The van der Waals surface area contributed by atoms with E-state index in [2.05, 4.69) is 20.6 Å². The van der Waals surface area contributed by atoms with Crippen molar-refractivity contribution in [3.8, 4) is 0 Å². The van der Waals surface area contributed by atoms with E-state index in [-0.39, 0.29) is 29.1 Å². The Hall–Kier alpha value is -2.48. The van der Waals surface area contributed by atoms with Gasteiger partial charge in [-0.3, -0.25) is 4.79 Å². The highest BCUT2D eigenvalue weighted by Gasteiger charge is 2.27. The van der Waals surface area contributed by atoms with Gasteiger partial charge in [-0.15, -0.1) is 0 Å². The molecule has 1 aromatic carbocycles. The first kappa shape index (κ1) is 17.3. The zero-order valence-electron chi connectivity index (χ0n) is 14.1. The number of carbonyl (C=O) groups is 1. The maximum Gasteiger partial charge on any atom is 0.275 e. The standard InChI is InChI=1S/C17H20N4O3S/c1-11-5-12(2)7-14(6-11)21-17(22)15-8-19-16(9-18-15)20-13-3-4-25(23,24)10-13/h5-9,13H,3-4,10H2,1-2H3,(H,19,20)(H,21,22). The van der Waals surface area contributed by atoms with E-state index < -0.39 is 9.84 Å². The van der Waals surface area contributed by atoms with E-state index in [1.165, 1.54) is 12.4 Å². The highest BCUT2D eigenvalue weighted by Crippen LogP contribution is 2.17. The summed E-state index contributed by atoms with van der Waals surface area (Å²) < 4.78 is 22.9.